The minimum absolute atomic E-state index is 0.0778. The summed E-state index contributed by atoms with van der Waals surface area (Å²) < 4.78 is 1.52. The van der Waals surface area contributed by atoms with Crippen molar-refractivity contribution in [3.05, 3.63) is 63.9 Å². The number of hydrogen-bond donors (Lipinski definition) is 1. The summed E-state index contributed by atoms with van der Waals surface area (Å²) in [7, 11) is 0. The quantitative estimate of drug-likeness (QED) is 0.457. The number of benzene rings is 2. The highest BCUT2D eigenvalue weighted by molar-refractivity contribution is 7.99. The predicted octanol–water partition coefficient (Wildman–Crippen LogP) is 4.44. The average Bonchev–Trinajstić information content (AvgIpc) is 2.66. The van der Waals surface area contributed by atoms with Crippen LogP contribution in [-0.4, -0.2) is 27.3 Å². The zero-order chi connectivity index (χ0) is 20.1. The van der Waals surface area contributed by atoms with Crippen LogP contribution in [0.15, 0.2) is 58.5 Å². The second-order valence-corrected chi connectivity index (χ2v) is 7.96. The van der Waals surface area contributed by atoms with Crippen LogP contribution >= 0.6 is 23.4 Å². The lowest BCUT2D eigenvalue weighted by atomic mass is 10.2. The average molecular weight is 416 g/mol. The molecule has 3 aromatic rings. The van der Waals surface area contributed by atoms with E-state index < -0.39 is 0 Å². The fourth-order valence-corrected chi connectivity index (χ4v) is 4.01. The molecule has 1 aromatic heterocycles. The van der Waals surface area contributed by atoms with Crippen LogP contribution in [0.2, 0.25) is 5.02 Å². The molecule has 1 atom stereocenters. The molecule has 28 heavy (non-hydrogen) atoms. The summed E-state index contributed by atoms with van der Waals surface area (Å²) in [5, 5.41) is 4.49. The van der Waals surface area contributed by atoms with Crippen LogP contribution < -0.4 is 10.9 Å². The van der Waals surface area contributed by atoms with E-state index in [1.165, 1.54) is 16.3 Å². The third-order valence-electron chi connectivity index (χ3n) is 4.27. The molecule has 3 rings (SSSR count). The summed E-state index contributed by atoms with van der Waals surface area (Å²) in [4.78, 5) is 30.1. The Morgan fingerprint density at radius 3 is 2.79 bits per heavy atom. The van der Waals surface area contributed by atoms with Crippen molar-refractivity contribution in [2.45, 2.75) is 37.9 Å². The standard InChI is InChI=1S/C21H22ClN3O2S/c1-3-7-14(2)23-19(26)13-28-21-24-18-11-5-4-10-17(18)20(27)25(21)16-9-6-8-15(22)12-16/h4-6,8-12,14H,3,7,13H2,1-2H3,(H,23,26). The minimum atomic E-state index is -0.185. The largest absolute Gasteiger partial charge is 0.353 e. The van der Waals surface area contributed by atoms with E-state index in [-0.39, 0.29) is 23.3 Å². The molecular weight excluding hydrogens is 394 g/mol. The van der Waals surface area contributed by atoms with E-state index in [1.807, 2.05) is 19.1 Å². The summed E-state index contributed by atoms with van der Waals surface area (Å²) in [5.41, 5.74) is 1.04. The number of rotatable bonds is 7. The Labute approximate surface area is 173 Å². The third kappa shape index (κ3) is 4.75. The predicted molar refractivity (Wildman–Crippen MR) is 116 cm³/mol. The zero-order valence-corrected chi connectivity index (χ0v) is 17.4. The maximum Gasteiger partial charge on any atom is 0.266 e. The Bertz CT molecular complexity index is 1050. The Kier molecular flexibility index (Phi) is 6.75. The van der Waals surface area contributed by atoms with Crippen LogP contribution in [0.1, 0.15) is 26.7 Å². The fraction of sp³-hybridized carbons (Fsp3) is 0.286. The molecular formula is C21H22ClN3O2S. The first-order chi connectivity index (χ1) is 13.5. The molecule has 0 bridgehead atoms. The van der Waals surface area contributed by atoms with Crippen molar-refractivity contribution in [3.8, 4) is 5.69 Å². The summed E-state index contributed by atoms with van der Waals surface area (Å²) in [6, 6.07) is 14.4. The molecule has 1 N–H and O–H groups in total. The van der Waals surface area contributed by atoms with Crippen molar-refractivity contribution in [2.75, 3.05) is 5.75 Å². The molecule has 0 fully saturated rings. The highest BCUT2D eigenvalue weighted by Gasteiger charge is 2.15. The van der Waals surface area contributed by atoms with Crippen LogP contribution in [0.3, 0.4) is 0 Å². The van der Waals surface area contributed by atoms with Gasteiger partial charge in [0.1, 0.15) is 0 Å². The number of nitrogens with one attached hydrogen (secondary N) is 1. The monoisotopic (exact) mass is 415 g/mol. The van der Waals surface area contributed by atoms with Crippen molar-refractivity contribution >= 4 is 40.2 Å². The molecule has 0 aliphatic carbocycles. The molecule has 2 aromatic carbocycles. The number of hydrogen-bond acceptors (Lipinski definition) is 4. The number of para-hydroxylation sites is 1. The molecule has 0 radical (unpaired) electrons. The van der Waals surface area contributed by atoms with E-state index >= 15 is 0 Å². The van der Waals surface area contributed by atoms with Crippen LogP contribution in [0.4, 0.5) is 0 Å². The number of aromatic nitrogens is 2. The summed E-state index contributed by atoms with van der Waals surface area (Å²) in [5.74, 6) is 0.102. The van der Waals surface area contributed by atoms with Gasteiger partial charge in [-0.3, -0.25) is 14.2 Å². The van der Waals surface area contributed by atoms with Crippen molar-refractivity contribution in [1.82, 2.24) is 14.9 Å². The molecule has 0 saturated heterocycles. The number of amides is 1. The molecule has 1 unspecified atom stereocenters. The maximum absolute atomic E-state index is 13.1. The van der Waals surface area contributed by atoms with Crippen molar-refractivity contribution in [1.29, 1.82) is 0 Å². The topological polar surface area (TPSA) is 64.0 Å². The van der Waals surface area contributed by atoms with Gasteiger partial charge in [0.2, 0.25) is 5.91 Å². The summed E-state index contributed by atoms with van der Waals surface area (Å²) in [6.45, 7) is 4.07. The van der Waals surface area contributed by atoms with Crippen molar-refractivity contribution in [3.63, 3.8) is 0 Å². The van der Waals surface area contributed by atoms with Gasteiger partial charge in [-0.05, 0) is 43.7 Å². The third-order valence-corrected chi connectivity index (χ3v) is 5.45. The van der Waals surface area contributed by atoms with Crippen LogP contribution in [0.5, 0.6) is 0 Å². The molecule has 5 nitrogen and oxygen atoms in total. The number of carbonyl (C=O) groups is 1. The van der Waals surface area contributed by atoms with Crippen molar-refractivity contribution in [2.24, 2.45) is 0 Å². The van der Waals surface area contributed by atoms with E-state index in [2.05, 4.69) is 17.2 Å². The van der Waals surface area contributed by atoms with Crippen LogP contribution in [0.25, 0.3) is 16.6 Å². The van der Waals surface area contributed by atoms with Crippen LogP contribution in [-0.2, 0) is 4.79 Å². The highest BCUT2D eigenvalue weighted by atomic mass is 35.5. The molecule has 1 heterocycles. The van der Waals surface area contributed by atoms with Crippen LogP contribution in [0, 0.1) is 0 Å². The van der Waals surface area contributed by atoms with Gasteiger partial charge in [0.05, 0.1) is 22.3 Å². The normalized spacial score (nSPS) is 12.1. The maximum atomic E-state index is 13.1. The lowest BCUT2D eigenvalue weighted by Gasteiger charge is -2.15. The first-order valence-electron chi connectivity index (χ1n) is 9.19. The van der Waals surface area contributed by atoms with Gasteiger partial charge in [-0.25, -0.2) is 4.98 Å². The Morgan fingerprint density at radius 1 is 1.25 bits per heavy atom. The van der Waals surface area contributed by atoms with E-state index in [1.54, 1.807) is 36.4 Å². The van der Waals surface area contributed by atoms with Gasteiger partial charge in [0.15, 0.2) is 5.16 Å². The Hall–Kier alpha value is -2.31. The first-order valence-corrected chi connectivity index (χ1v) is 10.6. The molecule has 1 amide bonds. The number of halogens is 1. The van der Waals surface area contributed by atoms with E-state index in [9.17, 15) is 9.59 Å². The SMILES string of the molecule is CCCC(C)NC(=O)CSc1nc2ccccc2c(=O)n1-c1cccc(Cl)c1. The Balaban J connectivity index is 1.97. The van der Waals surface area contributed by atoms with E-state index in [0.717, 1.165) is 12.8 Å². The van der Waals surface area contributed by atoms with E-state index in [4.69, 9.17) is 11.6 Å². The molecule has 146 valence electrons. The van der Waals surface area contributed by atoms with Gasteiger partial charge >= 0.3 is 0 Å². The lowest BCUT2D eigenvalue weighted by Crippen LogP contribution is -2.34. The van der Waals surface area contributed by atoms with Gasteiger partial charge in [-0.15, -0.1) is 0 Å². The second kappa shape index (κ2) is 9.26. The van der Waals surface area contributed by atoms with Crippen molar-refractivity contribution < 1.29 is 4.79 Å². The second-order valence-electron chi connectivity index (χ2n) is 6.58. The van der Waals surface area contributed by atoms with Gasteiger partial charge in [0.25, 0.3) is 5.56 Å². The molecule has 0 spiro atoms. The molecule has 7 heteroatoms. The molecule has 0 saturated carbocycles. The first kappa shape index (κ1) is 20.4. The molecule has 0 aliphatic heterocycles. The number of thioether (sulfide) groups is 1. The summed E-state index contributed by atoms with van der Waals surface area (Å²) in [6.07, 6.45) is 1.94. The number of fused-ring (bicyclic) bond motifs is 1. The number of nitrogens with zero attached hydrogens (tertiary/aromatic N) is 2. The minimum Gasteiger partial charge on any atom is -0.353 e. The lowest BCUT2D eigenvalue weighted by molar-refractivity contribution is -0.119. The number of carbonyl (C=O) groups excluding carboxylic acids is 1. The smallest absolute Gasteiger partial charge is 0.266 e. The van der Waals surface area contributed by atoms with Gasteiger partial charge in [-0.2, -0.15) is 0 Å². The Morgan fingerprint density at radius 2 is 2.04 bits per heavy atom. The zero-order valence-electron chi connectivity index (χ0n) is 15.8. The van der Waals surface area contributed by atoms with Gasteiger partial charge in [-0.1, -0.05) is 54.9 Å². The highest BCUT2D eigenvalue weighted by Crippen LogP contribution is 2.23. The van der Waals surface area contributed by atoms with E-state index in [0.29, 0.717) is 26.8 Å². The summed E-state index contributed by atoms with van der Waals surface area (Å²) >= 11 is 7.37. The van der Waals surface area contributed by atoms with Gasteiger partial charge < -0.3 is 5.32 Å². The fourth-order valence-electron chi connectivity index (χ4n) is 3.00. The van der Waals surface area contributed by atoms with Gasteiger partial charge in [0, 0.05) is 11.1 Å². The molecule has 0 aliphatic rings.